The molecule has 0 aromatic heterocycles. The van der Waals surface area contributed by atoms with Gasteiger partial charge in [-0.2, -0.15) is 0 Å². The average molecular weight is 117 g/mol. The lowest BCUT2D eigenvalue weighted by Crippen LogP contribution is -1.73. The minimum absolute atomic E-state index is 0.957. The van der Waals surface area contributed by atoms with Gasteiger partial charge in [0.15, 0.2) is 0 Å². The Morgan fingerprint density at radius 3 is 2.00 bits per heavy atom. The third kappa shape index (κ3) is 5.97. The van der Waals surface area contributed by atoms with Gasteiger partial charge in [0, 0.05) is 13.0 Å². The van der Waals surface area contributed by atoms with E-state index in [0.29, 0.717) is 0 Å². The Hall–Kier alpha value is -0.0300. The Morgan fingerprint density at radius 2 is 2.00 bits per heavy atom. The summed E-state index contributed by atoms with van der Waals surface area (Å²) in [4.78, 5) is 3.87. The lowest BCUT2D eigenvalue weighted by molar-refractivity contribution is 1.49. The first-order valence-corrected chi connectivity index (χ1v) is 5.11. The van der Waals surface area contributed by atoms with Crippen LogP contribution in [0.2, 0.25) is 0 Å². The fourth-order valence-electron chi connectivity index (χ4n) is 0.313. The molecule has 0 aromatic rings. The zero-order valence-electron chi connectivity index (χ0n) is 5.18. The second-order valence-corrected chi connectivity index (χ2v) is 5.94. The molecule has 7 heavy (non-hydrogen) atoms. The molecule has 0 radical (unpaired) electrons. The number of hydrogen-bond donors (Lipinski definition) is 0. The molecule has 0 unspecified atom stereocenters. The maximum absolute atomic E-state index is 3.92. The van der Waals surface area contributed by atoms with Gasteiger partial charge in [0.1, 0.15) is 0 Å². The third-order valence-corrected chi connectivity index (χ3v) is 1.28. The van der Waals surface area contributed by atoms with E-state index in [1.165, 1.54) is 0 Å². The van der Waals surface area contributed by atoms with Crippen molar-refractivity contribution >= 4 is 19.1 Å². The average Bonchev–Trinajstić information content (AvgIpc) is 1.30. The topological polar surface area (TPSA) is 12.4 Å². The molecule has 0 atom stereocenters. The van der Waals surface area contributed by atoms with Crippen molar-refractivity contribution in [2.45, 2.75) is 0 Å². The molecule has 0 aromatic carbocycles. The van der Waals surface area contributed by atoms with Crippen molar-refractivity contribution in [1.82, 2.24) is 0 Å². The summed E-state index contributed by atoms with van der Waals surface area (Å²) in [6, 6.07) is 0. The van der Waals surface area contributed by atoms with E-state index in [2.05, 4.69) is 24.6 Å². The highest BCUT2D eigenvalue weighted by Gasteiger charge is 1.87. The predicted octanol–water partition coefficient (Wildman–Crippen LogP) is 1.35. The number of aliphatic imine (C=N–C) groups is 1. The summed E-state index contributed by atoms with van der Waals surface area (Å²) in [5.41, 5.74) is 0. The Balaban J connectivity index is 3.82. The Labute approximate surface area is 45.4 Å². The zero-order chi connectivity index (χ0) is 5.91. The van der Waals surface area contributed by atoms with Crippen molar-refractivity contribution in [2.75, 3.05) is 20.4 Å². The van der Waals surface area contributed by atoms with Gasteiger partial charge in [0.2, 0.25) is 0 Å². The second-order valence-electron chi connectivity index (χ2n) is 2.15. The largest absolute Gasteiger partial charge is 0.296 e. The van der Waals surface area contributed by atoms with Gasteiger partial charge in [-0.15, -0.1) is 0 Å². The van der Waals surface area contributed by atoms with Crippen LogP contribution in [-0.4, -0.2) is 32.6 Å². The highest BCUT2D eigenvalue weighted by molar-refractivity contribution is 7.85. The zero-order valence-corrected chi connectivity index (χ0v) is 6.07. The number of hydrogen-bond acceptors (Lipinski definition) is 1. The van der Waals surface area contributed by atoms with Crippen LogP contribution in [0.5, 0.6) is 0 Å². The summed E-state index contributed by atoms with van der Waals surface area (Å²) in [6.45, 7) is 3.29. The molecule has 0 amide bonds. The van der Waals surface area contributed by atoms with Crippen molar-refractivity contribution in [3.63, 3.8) is 0 Å². The van der Waals surface area contributed by atoms with Gasteiger partial charge in [0.05, 0.1) is 0 Å². The maximum atomic E-state index is 3.92. The van der Waals surface area contributed by atoms with Gasteiger partial charge >= 0.3 is 0 Å². The van der Waals surface area contributed by atoms with Crippen LogP contribution >= 0.6 is 6.89 Å². The van der Waals surface area contributed by atoms with E-state index in [1.807, 2.05) is 5.96 Å². The normalized spacial score (nSPS) is 13.0. The minimum atomic E-state index is -0.957. The molecule has 0 N–H and O–H groups in total. The Kier molecular flexibility index (Phi) is 2.31. The predicted molar refractivity (Wildman–Crippen MR) is 40.3 cm³/mol. The Bertz CT molecular complexity index is 109. The van der Waals surface area contributed by atoms with Crippen molar-refractivity contribution in [2.24, 2.45) is 4.99 Å². The summed E-state index contributed by atoms with van der Waals surface area (Å²) in [5.74, 6) is 1.94. The van der Waals surface area contributed by atoms with Gasteiger partial charge in [-0.1, -0.05) is 13.2 Å². The molecule has 0 heterocycles. The van der Waals surface area contributed by atoms with Gasteiger partial charge in [-0.25, -0.2) is 0 Å². The molecule has 0 bridgehead atoms. The molecule has 0 spiro atoms. The Morgan fingerprint density at radius 1 is 1.57 bits per heavy atom. The minimum Gasteiger partial charge on any atom is -0.296 e. The first-order chi connectivity index (χ1) is 3.06. The first-order valence-electron chi connectivity index (χ1n) is 2.17. The number of nitrogens with zero attached hydrogens (tertiary/aromatic N) is 1. The lowest BCUT2D eigenvalue weighted by Gasteiger charge is -1.99. The number of rotatable bonds is 1. The third-order valence-electron chi connectivity index (χ3n) is 0.428. The summed E-state index contributed by atoms with van der Waals surface area (Å²) < 4.78 is 0. The molecule has 42 valence electrons. The quantitative estimate of drug-likeness (QED) is 0.363. The molecule has 0 fully saturated rings. The highest BCUT2D eigenvalue weighted by atomic mass is 31.2. The summed E-state index contributed by atoms with van der Waals surface area (Å²) in [7, 11) is 1.78. The van der Waals surface area contributed by atoms with Crippen LogP contribution in [0.4, 0.5) is 0 Å². The van der Waals surface area contributed by atoms with Crippen molar-refractivity contribution in [3.05, 3.63) is 0 Å². The van der Waals surface area contributed by atoms with Crippen molar-refractivity contribution in [3.8, 4) is 0 Å². The van der Waals surface area contributed by atoms with E-state index in [1.54, 1.807) is 7.05 Å². The van der Waals surface area contributed by atoms with Crippen molar-refractivity contribution < 1.29 is 0 Å². The van der Waals surface area contributed by atoms with Crippen LogP contribution < -0.4 is 0 Å². The maximum Gasteiger partial charge on any atom is 0.0277 e. The van der Waals surface area contributed by atoms with E-state index in [4.69, 9.17) is 0 Å². The molecule has 0 rings (SSSR count). The molecule has 0 aliphatic rings. The van der Waals surface area contributed by atoms with Crippen LogP contribution in [0.25, 0.3) is 0 Å². The first kappa shape index (κ1) is 6.97. The SMILES string of the molecule is C=P(C)(C)/C=N\C. The van der Waals surface area contributed by atoms with Crippen LogP contribution in [0.15, 0.2) is 4.99 Å². The van der Waals surface area contributed by atoms with Gasteiger partial charge in [-0.05, 0) is 13.3 Å². The van der Waals surface area contributed by atoms with Crippen LogP contribution in [0, 0.1) is 0 Å². The van der Waals surface area contributed by atoms with Crippen LogP contribution in [-0.2, 0) is 0 Å². The van der Waals surface area contributed by atoms with Gasteiger partial charge < -0.3 is 0 Å². The molecule has 0 aliphatic carbocycles. The van der Waals surface area contributed by atoms with Gasteiger partial charge in [0.25, 0.3) is 0 Å². The van der Waals surface area contributed by atoms with E-state index >= 15 is 0 Å². The lowest BCUT2D eigenvalue weighted by atomic mass is 11.4. The smallest absolute Gasteiger partial charge is 0.0277 e. The molecular formula is C5H12NP. The molecule has 0 aliphatic heterocycles. The second kappa shape index (κ2) is 2.32. The molecule has 2 heteroatoms. The molecular weight excluding hydrogens is 105 g/mol. The summed E-state index contributed by atoms with van der Waals surface area (Å²) in [6.07, 6.45) is 3.92. The standard InChI is InChI=1S/C5H12NP/c1-6-5-7(2,3)4/h5H,2H2,1,3-4H3/b6-5-. The molecule has 0 saturated carbocycles. The summed E-state index contributed by atoms with van der Waals surface area (Å²) >= 11 is 0. The van der Waals surface area contributed by atoms with Crippen molar-refractivity contribution in [1.29, 1.82) is 0 Å². The molecule has 0 saturated heterocycles. The highest BCUT2D eigenvalue weighted by Crippen LogP contribution is 2.30. The molecule has 1 nitrogen and oxygen atoms in total. The monoisotopic (exact) mass is 117 g/mol. The fraction of sp³-hybridized carbons (Fsp3) is 0.600. The van der Waals surface area contributed by atoms with E-state index in [0.717, 1.165) is 0 Å². The van der Waals surface area contributed by atoms with E-state index < -0.39 is 6.89 Å². The fourth-order valence-corrected chi connectivity index (χ4v) is 0.938. The van der Waals surface area contributed by atoms with Crippen LogP contribution in [0.1, 0.15) is 0 Å². The van der Waals surface area contributed by atoms with E-state index in [-0.39, 0.29) is 0 Å². The van der Waals surface area contributed by atoms with E-state index in [9.17, 15) is 0 Å². The van der Waals surface area contributed by atoms with Crippen LogP contribution in [0.3, 0.4) is 0 Å². The summed E-state index contributed by atoms with van der Waals surface area (Å²) in [5, 5.41) is 0. The van der Waals surface area contributed by atoms with Gasteiger partial charge in [-0.3, -0.25) is 4.99 Å².